The van der Waals surface area contributed by atoms with Crippen molar-refractivity contribution < 1.29 is 9.90 Å². The van der Waals surface area contributed by atoms with Crippen LogP contribution >= 0.6 is 11.3 Å². The number of aromatic amines is 1. The Bertz CT molecular complexity index is 873. The molecule has 0 saturated carbocycles. The number of carboxylic acids is 1. The van der Waals surface area contributed by atoms with Crippen LogP contribution in [0.25, 0.3) is 11.0 Å². The number of aromatic nitrogens is 2. The van der Waals surface area contributed by atoms with E-state index in [1.54, 1.807) is 28.0 Å². The van der Waals surface area contributed by atoms with Crippen molar-refractivity contribution in [2.45, 2.75) is 19.9 Å². The molecule has 0 aliphatic heterocycles. The third kappa shape index (κ3) is 2.27. The molecule has 0 spiro atoms. The van der Waals surface area contributed by atoms with E-state index in [1.165, 1.54) is 11.6 Å². The number of hydrogen-bond acceptors (Lipinski definition) is 3. The van der Waals surface area contributed by atoms with Gasteiger partial charge in [0, 0.05) is 4.88 Å². The van der Waals surface area contributed by atoms with Gasteiger partial charge in [0.05, 0.1) is 23.1 Å². The zero-order valence-electron chi connectivity index (χ0n) is 11.4. The molecule has 0 aliphatic carbocycles. The first-order chi connectivity index (χ1) is 10.1. The number of carbonyl (C=O) groups is 1. The van der Waals surface area contributed by atoms with Crippen LogP contribution in [0, 0.1) is 0 Å². The number of thiophene rings is 1. The zero-order valence-corrected chi connectivity index (χ0v) is 12.2. The molecule has 21 heavy (non-hydrogen) atoms. The van der Waals surface area contributed by atoms with Gasteiger partial charge in [0.1, 0.15) is 0 Å². The highest BCUT2D eigenvalue weighted by molar-refractivity contribution is 7.10. The van der Waals surface area contributed by atoms with Crippen molar-refractivity contribution in [3.8, 4) is 0 Å². The van der Waals surface area contributed by atoms with E-state index >= 15 is 0 Å². The van der Waals surface area contributed by atoms with Crippen LogP contribution in [0.15, 0.2) is 34.4 Å². The second-order valence-corrected chi connectivity index (χ2v) is 5.74. The highest BCUT2D eigenvalue weighted by Crippen LogP contribution is 2.21. The molecule has 2 N–H and O–H groups in total. The lowest BCUT2D eigenvalue weighted by Crippen LogP contribution is -2.17. The third-order valence-electron chi connectivity index (χ3n) is 3.56. The number of para-hydroxylation sites is 1. The summed E-state index contributed by atoms with van der Waals surface area (Å²) in [4.78, 5) is 27.2. The molecular formula is C15H14N2O3S. The Morgan fingerprint density at radius 1 is 1.38 bits per heavy atom. The van der Waals surface area contributed by atoms with Gasteiger partial charge in [-0.15, -0.1) is 11.3 Å². The molecule has 2 heterocycles. The number of aryl methyl sites for hydroxylation is 1. The van der Waals surface area contributed by atoms with Crippen molar-refractivity contribution in [3.63, 3.8) is 0 Å². The summed E-state index contributed by atoms with van der Waals surface area (Å²) >= 11 is 1.61. The fourth-order valence-electron chi connectivity index (χ4n) is 2.48. The maximum atomic E-state index is 12.2. The van der Waals surface area contributed by atoms with Crippen molar-refractivity contribution in [1.29, 1.82) is 0 Å². The molecule has 108 valence electrons. The van der Waals surface area contributed by atoms with Crippen LogP contribution in [0.1, 0.15) is 27.7 Å². The normalized spacial score (nSPS) is 11.1. The molecule has 0 unspecified atom stereocenters. The second kappa shape index (κ2) is 5.21. The van der Waals surface area contributed by atoms with Crippen LogP contribution < -0.4 is 5.69 Å². The first-order valence-electron chi connectivity index (χ1n) is 6.62. The first kappa shape index (κ1) is 13.6. The monoisotopic (exact) mass is 302 g/mol. The highest BCUT2D eigenvalue weighted by Gasteiger charge is 2.15. The summed E-state index contributed by atoms with van der Waals surface area (Å²) in [5.74, 6) is -1.04. The quantitative estimate of drug-likeness (QED) is 0.778. The Balaban J connectivity index is 2.15. The molecule has 0 aliphatic rings. The average molecular weight is 302 g/mol. The van der Waals surface area contributed by atoms with Crippen LogP contribution in [0.4, 0.5) is 0 Å². The van der Waals surface area contributed by atoms with E-state index in [0.29, 0.717) is 17.6 Å². The second-order valence-electron chi connectivity index (χ2n) is 4.74. The van der Waals surface area contributed by atoms with Gasteiger partial charge in [-0.1, -0.05) is 13.0 Å². The van der Waals surface area contributed by atoms with Crippen LogP contribution in [0.3, 0.4) is 0 Å². The van der Waals surface area contributed by atoms with E-state index < -0.39 is 5.97 Å². The van der Waals surface area contributed by atoms with Crippen LogP contribution in [-0.2, 0) is 13.0 Å². The topological polar surface area (TPSA) is 75.1 Å². The van der Waals surface area contributed by atoms with Gasteiger partial charge in [0.15, 0.2) is 0 Å². The fourth-order valence-corrected chi connectivity index (χ4v) is 3.44. The van der Waals surface area contributed by atoms with Crippen LogP contribution in [-0.4, -0.2) is 20.6 Å². The largest absolute Gasteiger partial charge is 0.478 e. The number of aromatic carboxylic acids is 1. The lowest BCUT2D eigenvalue weighted by atomic mass is 10.2. The van der Waals surface area contributed by atoms with E-state index in [0.717, 1.165) is 11.3 Å². The standard InChI is InChI=1S/C15H14N2O3S/c1-2-9-6-7-21-12(9)8-17-11-5-3-4-10(14(18)19)13(11)16-15(17)20/h3-7H,2,8H2,1H3,(H,16,20)(H,18,19). The Kier molecular flexibility index (Phi) is 3.39. The van der Waals surface area contributed by atoms with Gasteiger partial charge in [-0.3, -0.25) is 4.57 Å². The van der Waals surface area contributed by atoms with Crippen LogP contribution in [0.5, 0.6) is 0 Å². The molecule has 0 atom stereocenters. The molecule has 0 fully saturated rings. The summed E-state index contributed by atoms with van der Waals surface area (Å²) in [6, 6.07) is 6.97. The number of H-pyrrole nitrogens is 1. The van der Waals surface area contributed by atoms with Crippen molar-refractivity contribution >= 4 is 28.3 Å². The third-order valence-corrected chi connectivity index (χ3v) is 4.51. The molecule has 3 rings (SSSR count). The minimum atomic E-state index is -1.04. The van der Waals surface area contributed by atoms with Gasteiger partial charge in [-0.25, -0.2) is 9.59 Å². The smallest absolute Gasteiger partial charge is 0.337 e. The number of carboxylic acid groups (broad SMARTS) is 1. The minimum Gasteiger partial charge on any atom is -0.478 e. The molecule has 0 radical (unpaired) electrons. The molecule has 6 heteroatoms. The number of hydrogen-bond donors (Lipinski definition) is 2. The molecule has 0 amide bonds. The van der Waals surface area contributed by atoms with Gasteiger partial charge < -0.3 is 10.1 Å². The summed E-state index contributed by atoms with van der Waals surface area (Å²) in [5.41, 5.74) is 2.05. The molecule has 5 nitrogen and oxygen atoms in total. The number of nitrogens with zero attached hydrogens (tertiary/aromatic N) is 1. The predicted molar refractivity (Wildman–Crippen MR) is 82.3 cm³/mol. The van der Waals surface area contributed by atoms with Gasteiger partial charge in [-0.2, -0.15) is 0 Å². The SMILES string of the molecule is CCc1ccsc1Cn1c(=O)[nH]c2c(C(=O)O)cccc21. The maximum Gasteiger partial charge on any atom is 0.337 e. The summed E-state index contributed by atoms with van der Waals surface area (Å²) < 4.78 is 1.59. The summed E-state index contributed by atoms with van der Waals surface area (Å²) in [6.07, 6.45) is 0.913. The zero-order chi connectivity index (χ0) is 15.0. The number of rotatable bonds is 4. The first-order valence-corrected chi connectivity index (χ1v) is 7.50. The van der Waals surface area contributed by atoms with Crippen LogP contribution in [0.2, 0.25) is 0 Å². The van der Waals surface area contributed by atoms with Crippen molar-refractivity contribution in [2.75, 3.05) is 0 Å². The van der Waals surface area contributed by atoms with Gasteiger partial charge in [0.2, 0.25) is 0 Å². The van der Waals surface area contributed by atoms with E-state index in [2.05, 4.69) is 18.0 Å². The average Bonchev–Trinajstić information content (AvgIpc) is 3.03. The molecule has 0 saturated heterocycles. The summed E-state index contributed by atoms with van der Waals surface area (Å²) in [5, 5.41) is 11.2. The van der Waals surface area contributed by atoms with E-state index in [-0.39, 0.29) is 11.3 Å². The number of fused-ring (bicyclic) bond motifs is 1. The molecular weight excluding hydrogens is 288 g/mol. The Morgan fingerprint density at radius 3 is 2.90 bits per heavy atom. The molecule has 2 aromatic heterocycles. The molecule has 1 aromatic carbocycles. The number of benzene rings is 1. The highest BCUT2D eigenvalue weighted by atomic mass is 32.1. The van der Waals surface area contributed by atoms with Gasteiger partial charge in [-0.05, 0) is 35.6 Å². The Morgan fingerprint density at radius 2 is 2.19 bits per heavy atom. The van der Waals surface area contributed by atoms with Crippen molar-refractivity contribution in [3.05, 3.63) is 56.1 Å². The lowest BCUT2D eigenvalue weighted by Gasteiger charge is -2.04. The molecule has 0 bridgehead atoms. The minimum absolute atomic E-state index is 0.116. The number of nitrogens with one attached hydrogen (secondary N) is 1. The predicted octanol–water partition coefficient (Wildman–Crippen LogP) is 2.70. The van der Waals surface area contributed by atoms with Crippen molar-refractivity contribution in [1.82, 2.24) is 9.55 Å². The summed E-state index contributed by atoms with van der Waals surface area (Å²) in [7, 11) is 0. The van der Waals surface area contributed by atoms with E-state index in [9.17, 15) is 14.7 Å². The summed E-state index contributed by atoms with van der Waals surface area (Å²) in [6.45, 7) is 2.54. The van der Waals surface area contributed by atoms with E-state index in [1.807, 2.05) is 5.38 Å². The van der Waals surface area contributed by atoms with E-state index in [4.69, 9.17) is 0 Å². The lowest BCUT2D eigenvalue weighted by molar-refractivity contribution is 0.0699. The Labute approximate surface area is 124 Å². The van der Waals surface area contributed by atoms with Gasteiger partial charge >= 0.3 is 11.7 Å². The van der Waals surface area contributed by atoms with Gasteiger partial charge in [0.25, 0.3) is 0 Å². The van der Waals surface area contributed by atoms with Crippen molar-refractivity contribution in [2.24, 2.45) is 0 Å². The Hall–Kier alpha value is -2.34. The fraction of sp³-hybridized carbons (Fsp3) is 0.200. The molecule has 3 aromatic rings. The number of imidazole rings is 1. The maximum absolute atomic E-state index is 12.2.